The van der Waals surface area contributed by atoms with Crippen LogP contribution in [0, 0.1) is 28.0 Å². The van der Waals surface area contributed by atoms with Crippen LogP contribution in [0.2, 0.25) is 0 Å². The van der Waals surface area contributed by atoms with Gasteiger partial charge in [-0.25, -0.2) is 17.9 Å². The summed E-state index contributed by atoms with van der Waals surface area (Å²) in [6, 6.07) is 2.99. The molecule has 6 heteroatoms. The van der Waals surface area contributed by atoms with E-state index in [4.69, 9.17) is 12.2 Å². The second kappa shape index (κ2) is 5.21. The maximum atomic E-state index is 13.7. The van der Waals surface area contributed by atoms with Crippen molar-refractivity contribution < 1.29 is 13.2 Å². The molecule has 102 valence electrons. The summed E-state index contributed by atoms with van der Waals surface area (Å²) in [7, 11) is 0. The van der Waals surface area contributed by atoms with Crippen molar-refractivity contribution in [2.24, 2.45) is 5.92 Å². The lowest BCUT2D eigenvalue weighted by Crippen LogP contribution is -2.04. The molecule has 0 saturated carbocycles. The molecule has 0 bridgehead atoms. The van der Waals surface area contributed by atoms with Gasteiger partial charge in [-0.2, -0.15) is 0 Å². The minimum atomic E-state index is -1.22. The van der Waals surface area contributed by atoms with Crippen molar-refractivity contribution in [3.05, 3.63) is 46.0 Å². The zero-order valence-corrected chi connectivity index (χ0v) is 11.3. The van der Waals surface area contributed by atoms with E-state index in [1.54, 1.807) is 6.07 Å². The number of aromatic amines is 1. The summed E-state index contributed by atoms with van der Waals surface area (Å²) in [6.45, 7) is 4.07. The molecule has 0 atom stereocenters. The number of nitrogens with one attached hydrogen (secondary N) is 1. The van der Waals surface area contributed by atoms with Crippen molar-refractivity contribution in [1.29, 1.82) is 0 Å². The van der Waals surface area contributed by atoms with Crippen molar-refractivity contribution >= 4 is 12.2 Å². The highest BCUT2D eigenvalue weighted by Gasteiger charge is 2.13. The molecule has 0 aliphatic carbocycles. The SMILES string of the molecule is CC(C)Cc1cc(=S)n(-c2cc(F)c(F)cc2F)[nH]1. The molecule has 0 spiro atoms. The summed E-state index contributed by atoms with van der Waals surface area (Å²) in [5, 5.41) is 2.90. The number of halogens is 3. The first-order chi connectivity index (χ1) is 8.88. The Hall–Kier alpha value is -1.56. The van der Waals surface area contributed by atoms with E-state index in [0.29, 0.717) is 16.6 Å². The van der Waals surface area contributed by atoms with Crippen LogP contribution in [0.3, 0.4) is 0 Å². The lowest BCUT2D eigenvalue weighted by atomic mass is 10.1. The monoisotopic (exact) mass is 286 g/mol. The van der Waals surface area contributed by atoms with E-state index >= 15 is 0 Å². The fraction of sp³-hybridized carbons (Fsp3) is 0.308. The predicted molar refractivity (Wildman–Crippen MR) is 69.4 cm³/mol. The second-order valence-electron chi connectivity index (χ2n) is 4.77. The van der Waals surface area contributed by atoms with Crippen molar-refractivity contribution in [3.63, 3.8) is 0 Å². The lowest BCUT2D eigenvalue weighted by Gasteiger charge is -2.06. The number of nitrogens with zero attached hydrogens (tertiary/aromatic N) is 1. The van der Waals surface area contributed by atoms with Crippen LogP contribution >= 0.6 is 12.2 Å². The Morgan fingerprint density at radius 3 is 2.37 bits per heavy atom. The van der Waals surface area contributed by atoms with Gasteiger partial charge in [-0.05, 0) is 18.4 Å². The molecule has 0 fully saturated rings. The van der Waals surface area contributed by atoms with E-state index in [1.807, 2.05) is 13.8 Å². The number of aromatic nitrogens is 2. The Labute approximate surface area is 113 Å². The van der Waals surface area contributed by atoms with Crippen molar-refractivity contribution in [1.82, 2.24) is 9.78 Å². The van der Waals surface area contributed by atoms with E-state index in [0.717, 1.165) is 18.2 Å². The van der Waals surface area contributed by atoms with E-state index < -0.39 is 17.5 Å². The first-order valence-electron chi connectivity index (χ1n) is 5.84. The second-order valence-corrected chi connectivity index (χ2v) is 5.19. The number of benzene rings is 1. The molecule has 0 aliphatic rings. The fourth-order valence-corrected chi connectivity index (χ4v) is 2.14. The standard InChI is InChI=1S/C13H13F3N2S/c1-7(2)3-8-4-13(19)18(17-8)12-6-10(15)9(14)5-11(12)16/h4-7,17H,3H2,1-2H3. The largest absolute Gasteiger partial charge is 0.297 e. The van der Waals surface area contributed by atoms with E-state index in [-0.39, 0.29) is 5.69 Å². The molecule has 1 N–H and O–H groups in total. The van der Waals surface area contributed by atoms with E-state index in [9.17, 15) is 13.2 Å². The molecule has 0 amide bonds. The van der Waals surface area contributed by atoms with E-state index in [1.165, 1.54) is 4.68 Å². The Balaban J connectivity index is 2.50. The maximum absolute atomic E-state index is 13.7. The van der Waals surface area contributed by atoms with Crippen LogP contribution in [0.15, 0.2) is 18.2 Å². The lowest BCUT2D eigenvalue weighted by molar-refractivity contribution is 0.491. The van der Waals surface area contributed by atoms with Crippen molar-refractivity contribution in [2.45, 2.75) is 20.3 Å². The summed E-state index contributed by atoms with van der Waals surface area (Å²) >= 11 is 5.09. The van der Waals surface area contributed by atoms with Crippen molar-refractivity contribution in [2.75, 3.05) is 0 Å². The Kier molecular flexibility index (Phi) is 3.80. The Morgan fingerprint density at radius 2 is 1.74 bits per heavy atom. The topological polar surface area (TPSA) is 20.7 Å². The summed E-state index contributed by atoms with van der Waals surface area (Å²) in [6.07, 6.45) is 0.738. The molecular weight excluding hydrogens is 273 g/mol. The predicted octanol–water partition coefficient (Wildman–Crippen LogP) is 4.15. The third kappa shape index (κ3) is 2.89. The van der Waals surface area contributed by atoms with Gasteiger partial charge in [0.2, 0.25) is 0 Å². The first kappa shape index (κ1) is 13.9. The van der Waals surface area contributed by atoms with Gasteiger partial charge in [0.1, 0.15) is 10.3 Å². The van der Waals surface area contributed by atoms with Gasteiger partial charge < -0.3 is 0 Å². The van der Waals surface area contributed by atoms with Crippen LogP contribution in [0.5, 0.6) is 0 Å². The minimum absolute atomic E-state index is 0.126. The van der Waals surface area contributed by atoms with Gasteiger partial charge in [-0.15, -0.1) is 0 Å². The summed E-state index contributed by atoms with van der Waals surface area (Å²) in [4.78, 5) is 0. The normalized spacial score (nSPS) is 11.3. The van der Waals surface area contributed by atoms with Crippen LogP contribution in [0.4, 0.5) is 13.2 Å². The highest BCUT2D eigenvalue weighted by molar-refractivity contribution is 7.71. The Bertz CT molecular complexity index is 658. The first-order valence-corrected chi connectivity index (χ1v) is 6.25. The highest BCUT2D eigenvalue weighted by atomic mass is 32.1. The molecular formula is C13H13F3N2S. The fourth-order valence-electron chi connectivity index (χ4n) is 1.85. The molecule has 2 aromatic rings. The number of H-pyrrole nitrogens is 1. The molecule has 19 heavy (non-hydrogen) atoms. The molecule has 2 rings (SSSR count). The van der Waals surface area contributed by atoms with Crippen LogP contribution in [0.1, 0.15) is 19.5 Å². The van der Waals surface area contributed by atoms with Crippen LogP contribution in [-0.4, -0.2) is 9.78 Å². The van der Waals surface area contributed by atoms with Crippen LogP contribution < -0.4 is 0 Å². The third-order valence-corrected chi connectivity index (χ3v) is 2.93. The van der Waals surface area contributed by atoms with Gasteiger partial charge in [-0.3, -0.25) is 5.10 Å². The average Bonchev–Trinajstić information content (AvgIpc) is 2.63. The zero-order valence-electron chi connectivity index (χ0n) is 10.5. The third-order valence-electron chi connectivity index (χ3n) is 2.63. The quantitative estimate of drug-likeness (QED) is 0.664. The molecule has 0 radical (unpaired) electrons. The molecule has 1 aromatic heterocycles. The molecule has 0 unspecified atom stereocenters. The van der Waals surface area contributed by atoms with Crippen LogP contribution in [0.25, 0.3) is 5.69 Å². The van der Waals surface area contributed by atoms with Gasteiger partial charge >= 0.3 is 0 Å². The number of hydrogen-bond donors (Lipinski definition) is 1. The highest BCUT2D eigenvalue weighted by Crippen LogP contribution is 2.19. The minimum Gasteiger partial charge on any atom is -0.297 e. The smallest absolute Gasteiger partial charge is 0.161 e. The van der Waals surface area contributed by atoms with Crippen LogP contribution in [-0.2, 0) is 6.42 Å². The zero-order chi connectivity index (χ0) is 14.2. The molecule has 2 nitrogen and oxygen atoms in total. The summed E-state index contributed by atoms with van der Waals surface area (Å²) in [5.41, 5.74) is 0.697. The number of hydrogen-bond acceptors (Lipinski definition) is 1. The van der Waals surface area contributed by atoms with E-state index in [2.05, 4.69) is 5.10 Å². The van der Waals surface area contributed by atoms with Gasteiger partial charge in [0, 0.05) is 17.8 Å². The van der Waals surface area contributed by atoms with Gasteiger partial charge in [0.15, 0.2) is 17.5 Å². The van der Waals surface area contributed by atoms with Gasteiger partial charge in [0.05, 0.1) is 0 Å². The van der Waals surface area contributed by atoms with Gasteiger partial charge in [-0.1, -0.05) is 26.1 Å². The molecule has 1 heterocycles. The summed E-state index contributed by atoms with van der Waals surface area (Å²) in [5.74, 6) is -2.80. The van der Waals surface area contributed by atoms with Crippen molar-refractivity contribution in [3.8, 4) is 5.69 Å². The van der Waals surface area contributed by atoms with Gasteiger partial charge in [0.25, 0.3) is 0 Å². The summed E-state index contributed by atoms with van der Waals surface area (Å²) < 4.78 is 41.3. The number of rotatable bonds is 3. The Morgan fingerprint density at radius 1 is 1.11 bits per heavy atom. The maximum Gasteiger partial charge on any atom is 0.161 e. The molecule has 0 saturated heterocycles. The molecule has 0 aliphatic heterocycles. The average molecular weight is 286 g/mol. The molecule has 1 aromatic carbocycles.